The van der Waals surface area contributed by atoms with E-state index in [1.807, 2.05) is 27.0 Å². The van der Waals surface area contributed by atoms with Crippen LogP contribution < -0.4 is 5.32 Å². The van der Waals surface area contributed by atoms with Crippen LogP contribution in [0.25, 0.3) is 0 Å². The molecule has 2 aromatic rings. The van der Waals surface area contributed by atoms with E-state index in [4.69, 9.17) is 0 Å². The summed E-state index contributed by atoms with van der Waals surface area (Å²) < 4.78 is 1.74. The van der Waals surface area contributed by atoms with Crippen molar-refractivity contribution in [2.45, 2.75) is 32.6 Å². The van der Waals surface area contributed by atoms with Gasteiger partial charge >= 0.3 is 5.97 Å². The maximum absolute atomic E-state index is 12.3. The predicted molar refractivity (Wildman–Crippen MR) is 90.8 cm³/mol. The van der Waals surface area contributed by atoms with Gasteiger partial charge in [-0.25, -0.2) is 0 Å². The van der Waals surface area contributed by atoms with E-state index < -0.39 is 11.4 Å². The molecule has 2 N–H and O–H groups in total. The molecule has 6 nitrogen and oxygen atoms in total. The third-order valence-electron chi connectivity index (χ3n) is 4.52. The first-order valence-corrected chi connectivity index (χ1v) is 7.80. The zero-order valence-electron chi connectivity index (χ0n) is 14.5. The van der Waals surface area contributed by atoms with Gasteiger partial charge in [-0.3, -0.25) is 14.3 Å². The number of carbonyl (C=O) groups is 2. The summed E-state index contributed by atoms with van der Waals surface area (Å²) in [6.07, 6.45) is 0.190. The monoisotopic (exact) mass is 329 g/mol. The number of aromatic nitrogens is 2. The molecule has 1 amide bonds. The van der Waals surface area contributed by atoms with Crippen LogP contribution in [0.2, 0.25) is 0 Å². The SMILES string of the molecule is Cc1nn(C)c(C)c1CC(=O)NCC(C)(C(=O)O)c1ccccc1. The second-order valence-corrected chi connectivity index (χ2v) is 6.23. The lowest BCUT2D eigenvalue weighted by molar-refractivity contribution is -0.143. The molecule has 24 heavy (non-hydrogen) atoms. The molecule has 0 saturated heterocycles. The fourth-order valence-corrected chi connectivity index (χ4v) is 2.68. The zero-order valence-corrected chi connectivity index (χ0v) is 14.5. The Morgan fingerprint density at radius 3 is 2.38 bits per heavy atom. The van der Waals surface area contributed by atoms with Crippen LogP contribution in [0.3, 0.4) is 0 Å². The minimum Gasteiger partial charge on any atom is -0.481 e. The molecular formula is C18H23N3O3. The summed E-state index contributed by atoms with van der Waals surface area (Å²) in [5.41, 5.74) is 2.12. The van der Waals surface area contributed by atoms with Gasteiger partial charge in [-0.05, 0) is 26.3 Å². The lowest BCUT2D eigenvalue weighted by atomic mass is 9.82. The van der Waals surface area contributed by atoms with Crippen molar-refractivity contribution in [3.63, 3.8) is 0 Å². The topological polar surface area (TPSA) is 84.2 Å². The molecule has 2 rings (SSSR count). The van der Waals surface area contributed by atoms with E-state index in [0.29, 0.717) is 5.56 Å². The van der Waals surface area contributed by atoms with Crippen LogP contribution in [0.1, 0.15) is 29.4 Å². The zero-order chi connectivity index (χ0) is 17.9. The van der Waals surface area contributed by atoms with Crippen LogP contribution in [0.5, 0.6) is 0 Å². The molecule has 1 aromatic heterocycles. The minimum absolute atomic E-state index is 0.0313. The Morgan fingerprint density at radius 2 is 1.88 bits per heavy atom. The molecule has 1 atom stereocenters. The van der Waals surface area contributed by atoms with Crippen molar-refractivity contribution < 1.29 is 14.7 Å². The molecule has 0 aliphatic carbocycles. The molecule has 128 valence electrons. The summed E-state index contributed by atoms with van der Waals surface area (Å²) in [5, 5.41) is 16.7. The fraction of sp³-hybridized carbons (Fsp3) is 0.389. The highest BCUT2D eigenvalue weighted by Gasteiger charge is 2.35. The van der Waals surface area contributed by atoms with Gasteiger partial charge in [0, 0.05) is 24.8 Å². The van der Waals surface area contributed by atoms with Gasteiger partial charge in [0.05, 0.1) is 12.1 Å². The number of carbonyl (C=O) groups excluding carboxylic acids is 1. The van der Waals surface area contributed by atoms with Crippen LogP contribution in [0.4, 0.5) is 0 Å². The largest absolute Gasteiger partial charge is 0.481 e. The Bertz CT molecular complexity index is 752. The summed E-state index contributed by atoms with van der Waals surface area (Å²) in [6, 6.07) is 8.94. The van der Waals surface area contributed by atoms with Crippen LogP contribution in [-0.4, -0.2) is 33.3 Å². The van der Waals surface area contributed by atoms with Crippen molar-refractivity contribution in [3.05, 3.63) is 52.8 Å². The number of hydrogen-bond acceptors (Lipinski definition) is 3. The third kappa shape index (κ3) is 3.48. The molecule has 0 saturated carbocycles. The second-order valence-electron chi connectivity index (χ2n) is 6.23. The van der Waals surface area contributed by atoms with Crippen molar-refractivity contribution in [1.82, 2.24) is 15.1 Å². The standard InChI is InChI=1S/C18H23N3O3/c1-12-15(13(2)21(4)20-12)10-16(22)19-11-18(3,17(23)24)14-8-6-5-7-9-14/h5-9H,10-11H2,1-4H3,(H,19,22)(H,23,24). The van der Waals surface area contributed by atoms with Gasteiger partial charge in [0.1, 0.15) is 5.41 Å². The molecule has 1 heterocycles. The Morgan fingerprint density at radius 1 is 1.25 bits per heavy atom. The summed E-state index contributed by atoms with van der Waals surface area (Å²) in [4.78, 5) is 24.0. The highest BCUT2D eigenvalue weighted by atomic mass is 16.4. The van der Waals surface area contributed by atoms with Gasteiger partial charge in [-0.2, -0.15) is 5.10 Å². The third-order valence-corrected chi connectivity index (χ3v) is 4.52. The number of carboxylic acids is 1. The molecule has 1 unspecified atom stereocenters. The van der Waals surface area contributed by atoms with Crippen molar-refractivity contribution in [3.8, 4) is 0 Å². The molecular weight excluding hydrogens is 306 g/mol. The molecule has 0 radical (unpaired) electrons. The highest BCUT2D eigenvalue weighted by molar-refractivity contribution is 5.84. The number of aliphatic carboxylic acids is 1. The average molecular weight is 329 g/mol. The van der Waals surface area contributed by atoms with Gasteiger partial charge in [0.25, 0.3) is 0 Å². The van der Waals surface area contributed by atoms with Crippen LogP contribution in [-0.2, 0) is 28.5 Å². The average Bonchev–Trinajstić information content (AvgIpc) is 2.79. The van der Waals surface area contributed by atoms with Crippen molar-refractivity contribution in [1.29, 1.82) is 0 Å². The summed E-state index contributed by atoms with van der Waals surface area (Å²) >= 11 is 0. The number of nitrogens with one attached hydrogen (secondary N) is 1. The summed E-state index contributed by atoms with van der Waals surface area (Å²) in [7, 11) is 1.83. The molecule has 0 aliphatic heterocycles. The molecule has 0 spiro atoms. The smallest absolute Gasteiger partial charge is 0.315 e. The minimum atomic E-state index is -1.17. The van der Waals surface area contributed by atoms with Gasteiger partial charge in [0.15, 0.2) is 0 Å². The lowest BCUT2D eigenvalue weighted by Gasteiger charge is -2.25. The summed E-state index contributed by atoms with van der Waals surface area (Å²) in [6.45, 7) is 5.42. The molecule has 1 aromatic carbocycles. The number of hydrogen-bond donors (Lipinski definition) is 2. The van der Waals surface area contributed by atoms with Crippen molar-refractivity contribution >= 4 is 11.9 Å². The van der Waals surface area contributed by atoms with Gasteiger partial charge in [-0.1, -0.05) is 30.3 Å². The number of amides is 1. The number of aryl methyl sites for hydroxylation is 2. The van der Waals surface area contributed by atoms with Crippen molar-refractivity contribution in [2.75, 3.05) is 6.54 Å². The number of nitrogens with zero attached hydrogens (tertiary/aromatic N) is 2. The molecule has 0 fully saturated rings. The number of benzene rings is 1. The van der Waals surface area contributed by atoms with Crippen LogP contribution >= 0.6 is 0 Å². The van der Waals surface area contributed by atoms with Gasteiger partial charge < -0.3 is 10.4 Å². The Hall–Kier alpha value is -2.63. The van der Waals surface area contributed by atoms with E-state index in [9.17, 15) is 14.7 Å². The Balaban J connectivity index is 2.10. The van der Waals surface area contributed by atoms with E-state index >= 15 is 0 Å². The van der Waals surface area contributed by atoms with E-state index in [1.165, 1.54) is 0 Å². The summed E-state index contributed by atoms with van der Waals surface area (Å²) in [5.74, 6) is -1.18. The number of carboxylic acid groups (broad SMARTS) is 1. The maximum atomic E-state index is 12.3. The van der Waals surface area contributed by atoms with E-state index in [1.54, 1.807) is 35.9 Å². The fourth-order valence-electron chi connectivity index (χ4n) is 2.68. The maximum Gasteiger partial charge on any atom is 0.315 e. The first kappa shape index (κ1) is 17.7. The molecule has 0 aliphatic rings. The quantitative estimate of drug-likeness (QED) is 0.845. The predicted octanol–water partition coefficient (Wildman–Crippen LogP) is 1.74. The van der Waals surface area contributed by atoms with E-state index in [0.717, 1.165) is 17.0 Å². The molecule has 6 heteroatoms. The normalized spacial score (nSPS) is 13.3. The van der Waals surface area contributed by atoms with E-state index in [2.05, 4.69) is 10.4 Å². The van der Waals surface area contributed by atoms with Crippen molar-refractivity contribution in [2.24, 2.45) is 7.05 Å². The van der Waals surface area contributed by atoms with E-state index in [-0.39, 0.29) is 18.9 Å². The first-order valence-electron chi connectivity index (χ1n) is 7.80. The van der Waals surface area contributed by atoms with Crippen LogP contribution in [0.15, 0.2) is 30.3 Å². The van der Waals surface area contributed by atoms with Gasteiger partial charge in [0.2, 0.25) is 5.91 Å². The number of rotatable bonds is 6. The lowest BCUT2D eigenvalue weighted by Crippen LogP contribution is -2.44. The van der Waals surface area contributed by atoms with Crippen LogP contribution in [0, 0.1) is 13.8 Å². The second kappa shape index (κ2) is 6.86. The first-order chi connectivity index (χ1) is 11.3. The Labute approximate surface area is 141 Å². The Kier molecular flexibility index (Phi) is 5.07. The highest BCUT2D eigenvalue weighted by Crippen LogP contribution is 2.23. The van der Waals surface area contributed by atoms with Gasteiger partial charge in [-0.15, -0.1) is 0 Å². The molecule has 0 bridgehead atoms.